The zero-order valence-electron chi connectivity index (χ0n) is 39.2. The number of amides is 4. The van der Waals surface area contributed by atoms with Gasteiger partial charge in [0.15, 0.2) is 0 Å². The maximum atomic E-state index is 15.2. The van der Waals surface area contributed by atoms with Crippen molar-refractivity contribution >= 4 is 45.2 Å². The number of fused-ring (bicyclic) bond motifs is 2. The molecule has 4 fully saturated rings. The van der Waals surface area contributed by atoms with E-state index < -0.39 is 99.0 Å². The minimum atomic E-state index is -4.98. The van der Waals surface area contributed by atoms with E-state index in [2.05, 4.69) is 20.3 Å². The van der Waals surface area contributed by atoms with Crippen molar-refractivity contribution < 1.29 is 59.7 Å². The first-order valence-corrected chi connectivity index (χ1v) is 25.8. The second kappa shape index (κ2) is 19.5. The summed E-state index contributed by atoms with van der Waals surface area (Å²) in [6.07, 6.45) is -0.478. The molecule has 0 bridgehead atoms. The number of carbonyl (C=O) groups is 4. The summed E-state index contributed by atoms with van der Waals surface area (Å²) in [5.74, 6) is -2.80. The monoisotopic (exact) mass is 1000 g/mol. The van der Waals surface area contributed by atoms with Crippen LogP contribution in [0.15, 0.2) is 60.1 Å². The predicted octanol–water partition coefficient (Wildman–Crippen LogP) is 7.10. The van der Waals surface area contributed by atoms with E-state index >= 15 is 4.79 Å². The summed E-state index contributed by atoms with van der Waals surface area (Å²) in [7, 11) is -4.11. The van der Waals surface area contributed by atoms with Crippen molar-refractivity contribution in [2.45, 2.75) is 139 Å². The molecule has 8 rings (SSSR count). The van der Waals surface area contributed by atoms with Crippen molar-refractivity contribution in [3.8, 4) is 33.5 Å². The van der Waals surface area contributed by atoms with Crippen LogP contribution in [-0.4, -0.2) is 113 Å². The lowest BCUT2D eigenvalue weighted by Gasteiger charge is -2.38. The molecule has 5 heterocycles. The van der Waals surface area contributed by atoms with E-state index in [1.807, 2.05) is 51.1 Å². The van der Waals surface area contributed by atoms with Gasteiger partial charge in [0.25, 0.3) is 5.91 Å². The number of alkyl halides is 3. The topological polar surface area (TPSA) is 204 Å². The number of aromatic nitrogens is 2. The SMILES string of the molecule is CC(C)Oc1ccc(-c2cc(O[C@@H]3C[C@H]4C(=O)N[C@]5(C(=O)NS(=O)(=O)C6(C)CC6)C[C@H]5/C=C\CC[C@H](C)C[C@@H](C)[C@H](NC(=O)OC5(C(F)(F)F)CCCOC5)C(=O)N4C3)cc(-c3nccs3)n2)cc1. The van der Waals surface area contributed by atoms with E-state index in [0.717, 1.165) is 5.56 Å². The number of sulfonamides is 1. The van der Waals surface area contributed by atoms with Crippen molar-refractivity contribution in [3.05, 3.63) is 60.1 Å². The Kier molecular flexibility index (Phi) is 14.2. The van der Waals surface area contributed by atoms with Crippen LogP contribution in [0, 0.1) is 17.8 Å². The maximum Gasteiger partial charge on any atom is 0.430 e. The maximum absolute atomic E-state index is 15.2. The molecule has 2 saturated carbocycles. The Hall–Kier alpha value is -5.28. The van der Waals surface area contributed by atoms with Crippen molar-refractivity contribution in [1.82, 2.24) is 30.2 Å². The van der Waals surface area contributed by atoms with E-state index in [0.29, 0.717) is 60.0 Å². The number of ether oxygens (including phenoxy) is 4. The van der Waals surface area contributed by atoms with E-state index in [1.54, 1.807) is 43.6 Å². The van der Waals surface area contributed by atoms with Gasteiger partial charge in [0.05, 0.1) is 29.7 Å². The van der Waals surface area contributed by atoms with Gasteiger partial charge in [-0.3, -0.25) is 19.1 Å². The Bertz CT molecular complexity index is 2530. The summed E-state index contributed by atoms with van der Waals surface area (Å²) < 4.78 is 94.2. The van der Waals surface area contributed by atoms with Gasteiger partial charge in [-0.25, -0.2) is 23.2 Å². The van der Waals surface area contributed by atoms with Crippen LogP contribution in [0.5, 0.6) is 11.5 Å². The van der Waals surface area contributed by atoms with Crippen molar-refractivity contribution in [3.63, 3.8) is 0 Å². The lowest BCUT2D eigenvalue weighted by Crippen LogP contribution is -2.60. The highest BCUT2D eigenvalue weighted by molar-refractivity contribution is 7.91. The fourth-order valence-electron chi connectivity index (χ4n) is 9.41. The summed E-state index contributed by atoms with van der Waals surface area (Å²) in [5, 5.41) is 7.71. The van der Waals surface area contributed by atoms with Crippen LogP contribution in [0.4, 0.5) is 18.0 Å². The zero-order valence-corrected chi connectivity index (χ0v) is 40.8. The molecule has 16 nitrogen and oxygen atoms in total. The van der Waals surface area contributed by atoms with Gasteiger partial charge in [-0.1, -0.05) is 26.0 Å². The number of thiazole rings is 1. The summed E-state index contributed by atoms with van der Waals surface area (Å²) >= 11 is 1.36. The first-order chi connectivity index (χ1) is 32.6. The predicted molar refractivity (Wildman–Crippen MR) is 248 cm³/mol. The molecule has 1 aromatic carbocycles. The van der Waals surface area contributed by atoms with Gasteiger partial charge < -0.3 is 34.5 Å². The molecular weight excluding hydrogens is 942 g/mol. The molecule has 374 valence electrons. The Morgan fingerprint density at radius 1 is 1.04 bits per heavy atom. The summed E-state index contributed by atoms with van der Waals surface area (Å²) in [4.78, 5) is 68.3. The second-order valence-electron chi connectivity index (χ2n) is 19.7. The zero-order chi connectivity index (χ0) is 49.5. The molecule has 2 saturated heterocycles. The number of hydrogen-bond acceptors (Lipinski definition) is 13. The number of nitrogens with one attached hydrogen (secondary N) is 3. The fraction of sp³-hybridized carbons (Fsp3) is 0.583. The van der Waals surface area contributed by atoms with Crippen LogP contribution < -0.4 is 24.8 Å². The normalized spacial score (nSPS) is 29.8. The number of allylic oxidation sites excluding steroid dienone is 1. The number of nitrogens with zero attached hydrogens (tertiary/aromatic N) is 3. The largest absolute Gasteiger partial charge is 0.491 e. The summed E-state index contributed by atoms with van der Waals surface area (Å²) in [6, 6.07) is 7.91. The van der Waals surface area contributed by atoms with Gasteiger partial charge in [0, 0.05) is 54.6 Å². The van der Waals surface area contributed by atoms with Crippen LogP contribution in [-0.2, 0) is 33.9 Å². The molecule has 1 unspecified atom stereocenters. The van der Waals surface area contributed by atoms with E-state index in [9.17, 15) is 36.0 Å². The van der Waals surface area contributed by atoms with Gasteiger partial charge in [-0.15, -0.1) is 11.3 Å². The number of carbonyl (C=O) groups excluding carboxylic acids is 4. The van der Waals surface area contributed by atoms with Crippen molar-refractivity contribution in [2.75, 3.05) is 19.8 Å². The van der Waals surface area contributed by atoms with E-state index in [-0.39, 0.29) is 44.4 Å². The third kappa shape index (κ3) is 10.9. The highest BCUT2D eigenvalue weighted by Crippen LogP contribution is 2.48. The van der Waals surface area contributed by atoms with Crippen molar-refractivity contribution in [1.29, 1.82) is 0 Å². The molecule has 69 heavy (non-hydrogen) atoms. The Labute approximate surface area is 403 Å². The van der Waals surface area contributed by atoms with E-state index in [4.69, 9.17) is 23.9 Å². The molecule has 3 N–H and O–H groups in total. The molecule has 2 aromatic heterocycles. The third-order valence-corrected chi connectivity index (χ3v) is 16.8. The lowest BCUT2D eigenvalue weighted by atomic mass is 9.88. The summed E-state index contributed by atoms with van der Waals surface area (Å²) in [6.45, 7) is 7.95. The first kappa shape index (κ1) is 50.1. The number of halogens is 3. The molecular formula is C48H59F3N6O10S2. The van der Waals surface area contributed by atoms with Crippen LogP contribution >= 0.6 is 11.3 Å². The van der Waals surface area contributed by atoms with Crippen LogP contribution in [0.2, 0.25) is 0 Å². The number of alkyl carbamates (subject to hydrolysis) is 1. The number of rotatable bonds is 11. The standard InChI is InChI=1S/C48H59F3N6O10S2/c1-28(2)65-33-13-11-31(12-14-33)36-22-34(23-37(53-36)41-52-18-20-68-41)66-35-24-38-40(58)55-47(43(60)56-69(62,63)45(5)16-17-45)25-32(47)10-7-6-9-29(3)21-30(4)39(42(59)57(38)26-35)54-44(61)67-46(48(49,50)51)15-8-19-64-27-46/h7,10-14,18,20,22-23,28-30,32,35,38-39H,6,8-9,15-17,19,21,24-27H2,1-5H3,(H,54,61)(H,55,58)(H,56,60)/b10-7-/t29-,30+,32+,35+,38-,39-,46?,47+/m0/s1. The summed E-state index contributed by atoms with van der Waals surface area (Å²) in [5.41, 5.74) is -2.87. The van der Waals surface area contributed by atoms with Gasteiger partial charge in [-0.05, 0) is 102 Å². The minimum Gasteiger partial charge on any atom is -0.491 e. The molecule has 21 heteroatoms. The molecule has 4 amide bonds. The smallest absolute Gasteiger partial charge is 0.430 e. The number of benzene rings is 1. The molecule has 3 aliphatic heterocycles. The Morgan fingerprint density at radius 2 is 1.78 bits per heavy atom. The minimum absolute atomic E-state index is 0.0150. The first-order valence-electron chi connectivity index (χ1n) is 23.5. The quantitative estimate of drug-likeness (QED) is 0.165. The van der Waals surface area contributed by atoms with Gasteiger partial charge in [0.2, 0.25) is 27.4 Å². The van der Waals surface area contributed by atoms with Gasteiger partial charge in [-0.2, -0.15) is 13.2 Å². The third-order valence-electron chi connectivity index (χ3n) is 13.8. The fourth-order valence-corrected chi connectivity index (χ4v) is 11.3. The number of pyridine rings is 1. The van der Waals surface area contributed by atoms with Gasteiger partial charge >= 0.3 is 12.3 Å². The number of hydrogen-bond donors (Lipinski definition) is 3. The van der Waals surface area contributed by atoms with Crippen LogP contribution in [0.3, 0.4) is 0 Å². The van der Waals surface area contributed by atoms with Crippen LogP contribution in [0.25, 0.3) is 22.0 Å². The van der Waals surface area contributed by atoms with Crippen molar-refractivity contribution in [2.24, 2.45) is 17.8 Å². The highest BCUT2D eigenvalue weighted by atomic mass is 32.2. The van der Waals surface area contributed by atoms with Crippen LogP contribution in [0.1, 0.15) is 92.4 Å². The molecule has 8 atom stereocenters. The molecule has 2 aliphatic carbocycles. The Morgan fingerprint density at radius 3 is 2.43 bits per heavy atom. The van der Waals surface area contributed by atoms with Gasteiger partial charge in [0.1, 0.15) is 45.9 Å². The molecule has 0 spiro atoms. The second-order valence-corrected chi connectivity index (χ2v) is 22.8. The highest BCUT2D eigenvalue weighted by Gasteiger charge is 2.63. The average molecular weight is 1000 g/mol. The molecule has 3 aromatic rings. The average Bonchev–Trinajstić information content (AvgIpc) is 4.04. The lowest BCUT2D eigenvalue weighted by molar-refractivity contribution is -0.285. The Balaban J connectivity index is 1.14. The van der Waals surface area contributed by atoms with E-state index in [1.165, 1.54) is 16.2 Å². The molecule has 0 radical (unpaired) electrons. The molecule has 5 aliphatic rings.